The molecule has 0 aliphatic carbocycles. The van der Waals surface area contributed by atoms with Gasteiger partial charge in [0.2, 0.25) is 0 Å². The molecule has 57 heavy (non-hydrogen) atoms. The molecule has 0 aliphatic rings. The van der Waals surface area contributed by atoms with Crippen LogP contribution < -0.4 is 21.8 Å². The van der Waals surface area contributed by atoms with E-state index < -0.39 is 53.3 Å². The van der Waals surface area contributed by atoms with Crippen molar-refractivity contribution >= 4 is 17.9 Å². The number of nitrogens with zero attached hydrogens (tertiary/aromatic N) is 3. The molecule has 3 atom stereocenters. The second-order valence-electron chi connectivity index (χ2n) is 13.6. The van der Waals surface area contributed by atoms with Crippen LogP contribution in [0.4, 0.5) is 0 Å². The van der Waals surface area contributed by atoms with Gasteiger partial charge in [0.1, 0.15) is 23.2 Å². The summed E-state index contributed by atoms with van der Waals surface area (Å²) in [7, 11) is 5.55. The predicted octanol–water partition coefficient (Wildman–Crippen LogP) is 3.05. The number of hydrogen-bond acceptors (Lipinski definition) is 14. The molecule has 0 spiro atoms. The van der Waals surface area contributed by atoms with Gasteiger partial charge in [-0.05, 0) is 55.0 Å². The quantitative estimate of drug-likeness (QED) is 0.114. The normalized spacial score (nSPS) is 12.4. The highest BCUT2D eigenvalue weighted by atomic mass is 16.6. The Balaban J connectivity index is 0.000000442. The van der Waals surface area contributed by atoms with E-state index in [-0.39, 0.29) is 54.1 Å². The molecule has 0 bridgehead atoms. The van der Waals surface area contributed by atoms with E-state index in [9.17, 15) is 44.1 Å². The van der Waals surface area contributed by atoms with Gasteiger partial charge in [0.25, 0.3) is 0 Å². The minimum Gasteiger partial charge on any atom is -0.507 e. The largest absolute Gasteiger partial charge is 0.507 e. The molecular weight excluding hydrogens is 746 g/mol. The molecule has 0 aliphatic heterocycles. The van der Waals surface area contributed by atoms with Crippen molar-refractivity contribution in [3.05, 3.63) is 103 Å². The fraction of sp³-hybridized carbons (Fsp3) is 0.500. The Labute approximate surface area is 331 Å². The Morgan fingerprint density at radius 1 is 0.754 bits per heavy atom. The van der Waals surface area contributed by atoms with Crippen molar-refractivity contribution in [2.75, 3.05) is 35.0 Å². The second-order valence-corrected chi connectivity index (χ2v) is 13.6. The fourth-order valence-corrected chi connectivity index (χ4v) is 4.86. The van der Waals surface area contributed by atoms with Crippen LogP contribution in [0.25, 0.3) is 0 Å². The molecule has 3 N–H and O–H groups in total. The first-order chi connectivity index (χ1) is 26.8. The van der Waals surface area contributed by atoms with Crippen LogP contribution in [0.1, 0.15) is 91.0 Å². The van der Waals surface area contributed by atoms with E-state index in [1.165, 1.54) is 46.6 Å². The van der Waals surface area contributed by atoms with Crippen molar-refractivity contribution in [3.8, 4) is 11.5 Å². The van der Waals surface area contributed by atoms with E-state index in [0.29, 0.717) is 18.6 Å². The van der Waals surface area contributed by atoms with Crippen LogP contribution in [0.3, 0.4) is 0 Å². The number of rotatable bonds is 15. The lowest BCUT2D eigenvalue weighted by Gasteiger charge is -2.21. The lowest BCUT2D eigenvalue weighted by molar-refractivity contribution is 0.0116. The summed E-state index contributed by atoms with van der Waals surface area (Å²) in [6.45, 7) is 14.6. The number of aliphatic hydroxyl groups is 2. The number of carbonyl (C=O) groups excluding carboxylic acids is 3. The van der Waals surface area contributed by atoms with Gasteiger partial charge in [-0.1, -0.05) is 46.8 Å². The maximum atomic E-state index is 12.4. The van der Waals surface area contributed by atoms with Gasteiger partial charge in [0, 0.05) is 13.2 Å². The van der Waals surface area contributed by atoms with E-state index in [0.717, 1.165) is 19.3 Å². The standard InChI is InChI=1S/C17H24O5.C14H23N3O5.C9H10O4/c1-11(10-20-5)22-16(19)14-9-12(17(2,3)4)7-8-13(14)15(18)21-6;1-4-7-15-12(20)16(8-10(18)5-2)14(22)17(13(15)21)9-11(19)6-3;1-12-6-3-4-7(8(10)5-6)9(11)13-2/h7-9,11H,10H2,1-6H3;4,10-11,18-19H,1,5-9H2,2-3H3;3-5,10H,1-2H3. The first kappa shape index (κ1) is 49.5. The minimum atomic E-state index is -0.871. The van der Waals surface area contributed by atoms with Crippen LogP contribution in [-0.4, -0.2) is 100 Å². The van der Waals surface area contributed by atoms with E-state index in [1.807, 2.05) is 26.8 Å². The molecule has 3 rings (SSSR count). The highest BCUT2D eigenvalue weighted by molar-refractivity contribution is 6.03. The zero-order valence-corrected chi connectivity index (χ0v) is 34.4. The summed E-state index contributed by atoms with van der Waals surface area (Å²) in [5.41, 5.74) is -1.08. The van der Waals surface area contributed by atoms with Gasteiger partial charge >= 0.3 is 35.0 Å². The molecule has 0 amide bonds. The fourth-order valence-electron chi connectivity index (χ4n) is 4.86. The molecule has 0 radical (unpaired) electrons. The molecule has 316 valence electrons. The Kier molecular flexibility index (Phi) is 20.4. The van der Waals surface area contributed by atoms with Crippen LogP contribution in [0.5, 0.6) is 11.5 Å². The summed E-state index contributed by atoms with van der Waals surface area (Å²) in [4.78, 5) is 72.1. The SMILES string of the molecule is C=CCn1c(=O)n(CC(O)CC)c(=O)n(CC(O)CC)c1=O.COC(=O)c1ccc(OC)cc1O.COCC(C)OC(=O)c1cc(C(C)(C)C)ccc1C(=O)OC. The third kappa shape index (κ3) is 14.5. The molecule has 2 aromatic carbocycles. The molecule has 3 unspecified atom stereocenters. The maximum absolute atomic E-state index is 12.4. The average molecular weight is 804 g/mol. The van der Waals surface area contributed by atoms with Gasteiger partial charge < -0.3 is 39.0 Å². The third-order valence-corrected chi connectivity index (χ3v) is 8.26. The lowest BCUT2D eigenvalue weighted by Crippen LogP contribution is -2.56. The molecule has 0 saturated carbocycles. The summed E-state index contributed by atoms with van der Waals surface area (Å²) in [6.07, 6.45) is -0.0432. The zero-order valence-electron chi connectivity index (χ0n) is 34.4. The topological polar surface area (TPSA) is 224 Å². The molecule has 17 heteroatoms. The molecule has 1 heterocycles. The monoisotopic (exact) mass is 803 g/mol. The number of aromatic hydroxyl groups is 1. The first-order valence-electron chi connectivity index (χ1n) is 18.1. The van der Waals surface area contributed by atoms with Crippen molar-refractivity contribution in [2.24, 2.45) is 0 Å². The van der Waals surface area contributed by atoms with Crippen LogP contribution >= 0.6 is 0 Å². The highest BCUT2D eigenvalue weighted by Crippen LogP contribution is 2.26. The number of aliphatic hydroxyl groups excluding tert-OH is 2. The number of benzene rings is 2. The van der Waals surface area contributed by atoms with E-state index in [1.54, 1.807) is 39.0 Å². The number of phenols is 1. The van der Waals surface area contributed by atoms with Crippen molar-refractivity contribution in [3.63, 3.8) is 0 Å². The number of phenolic OH excluding ortho intramolecular Hbond substituents is 1. The second kappa shape index (κ2) is 23.5. The van der Waals surface area contributed by atoms with E-state index in [4.69, 9.17) is 18.9 Å². The number of ether oxygens (including phenoxy) is 5. The maximum Gasteiger partial charge on any atom is 0.341 e. The molecule has 3 aromatic rings. The Bertz CT molecular complexity index is 1940. The van der Waals surface area contributed by atoms with Crippen LogP contribution in [-0.2, 0) is 44.0 Å². The van der Waals surface area contributed by atoms with Crippen LogP contribution in [0.15, 0.2) is 63.4 Å². The molecule has 17 nitrogen and oxygen atoms in total. The summed E-state index contributed by atoms with van der Waals surface area (Å²) in [6, 6.07) is 9.48. The third-order valence-electron chi connectivity index (χ3n) is 8.26. The summed E-state index contributed by atoms with van der Waals surface area (Å²) < 4.78 is 26.8. The molecule has 0 fully saturated rings. The minimum absolute atomic E-state index is 0.0532. The number of methoxy groups -OCH3 is 4. The molecule has 0 saturated heterocycles. The lowest BCUT2D eigenvalue weighted by atomic mass is 9.85. The number of hydrogen-bond donors (Lipinski definition) is 3. The Hall–Kier alpha value is -5.52. The van der Waals surface area contributed by atoms with Gasteiger partial charge in [0.15, 0.2) is 0 Å². The van der Waals surface area contributed by atoms with Crippen LogP contribution in [0, 0.1) is 0 Å². The smallest absolute Gasteiger partial charge is 0.341 e. The number of esters is 3. The van der Waals surface area contributed by atoms with Crippen molar-refractivity contribution in [1.29, 1.82) is 0 Å². The summed E-state index contributed by atoms with van der Waals surface area (Å²) in [5.74, 6) is -1.35. The van der Waals surface area contributed by atoms with Gasteiger partial charge in [-0.15, -0.1) is 6.58 Å². The predicted molar refractivity (Wildman–Crippen MR) is 211 cm³/mol. The summed E-state index contributed by atoms with van der Waals surface area (Å²) in [5, 5.41) is 28.8. The van der Waals surface area contributed by atoms with Crippen LogP contribution in [0.2, 0.25) is 0 Å². The van der Waals surface area contributed by atoms with Crippen molar-refractivity contribution < 1.29 is 53.4 Å². The van der Waals surface area contributed by atoms with Crippen molar-refractivity contribution in [2.45, 2.75) is 97.7 Å². The van der Waals surface area contributed by atoms with E-state index >= 15 is 0 Å². The summed E-state index contributed by atoms with van der Waals surface area (Å²) >= 11 is 0. The van der Waals surface area contributed by atoms with Crippen molar-refractivity contribution in [1.82, 2.24) is 13.7 Å². The van der Waals surface area contributed by atoms with Gasteiger partial charge in [-0.3, -0.25) is 0 Å². The number of carbonyl (C=O) groups is 3. The number of allylic oxidation sites excluding steroid dienone is 1. The van der Waals surface area contributed by atoms with Gasteiger partial charge in [-0.2, -0.15) is 0 Å². The zero-order chi connectivity index (χ0) is 43.6. The molecule has 1 aromatic heterocycles. The Morgan fingerprint density at radius 3 is 1.67 bits per heavy atom. The van der Waals surface area contributed by atoms with E-state index in [2.05, 4.69) is 11.3 Å². The average Bonchev–Trinajstić information content (AvgIpc) is 3.18. The number of aromatic nitrogens is 3. The Morgan fingerprint density at radius 2 is 1.25 bits per heavy atom. The highest BCUT2D eigenvalue weighted by Gasteiger charge is 2.24. The van der Waals surface area contributed by atoms with Gasteiger partial charge in [-0.25, -0.2) is 42.5 Å². The molecular formula is C40H57N3O14. The van der Waals surface area contributed by atoms with Gasteiger partial charge in [0.05, 0.1) is 70.9 Å². The first-order valence-corrected chi connectivity index (χ1v) is 18.1.